The normalized spacial score (nSPS) is 10.6. The molecular weight excluding hydrogens is 488 g/mol. The van der Waals surface area contributed by atoms with E-state index < -0.39 is 5.91 Å². The van der Waals surface area contributed by atoms with Crippen LogP contribution in [0.5, 0.6) is 11.5 Å². The van der Waals surface area contributed by atoms with Crippen molar-refractivity contribution in [2.24, 2.45) is 0 Å². The van der Waals surface area contributed by atoms with Gasteiger partial charge in [0.05, 0.1) is 30.9 Å². The van der Waals surface area contributed by atoms with Crippen LogP contribution in [0.3, 0.4) is 0 Å². The van der Waals surface area contributed by atoms with Gasteiger partial charge in [0.25, 0.3) is 5.91 Å². The molecule has 4 rings (SSSR count). The summed E-state index contributed by atoms with van der Waals surface area (Å²) in [6.45, 7) is -0.0227. The van der Waals surface area contributed by atoms with E-state index in [4.69, 9.17) is 13.9 Å². The first-order valence-electron chi connectivity index (χ1n) is 10.1. The maximum Gasteiger partial charge on any atom is 0.293 e. The van der Waals surface area contributed by atoms with Gasteiger partial charge < -0.3 is 24.5 Å². The van der Waals surface area contributed by atoms with E-state index in [1.54, 1.807) is 62.8 Å². The largest absolute Gasteiger partial charge is 0.497 e. The first-order valence-corrected chi connectivity index (χ1v) is 10.9. The van der Waals surface area contributed by atoms with Gasteiger partial charge in [0.1, 0.15) is 17.1 Å². The lowest BCUT2D eigenvalue weighted by Gasteiger charge is -2.09. The Bertz CT molecular complexity index is 1310. The standard InChI is InChI=1S/C25H21BrN2O5/c1-31-17-10-8-16(9-11-17)28-25(30)24-23(18-5-3-4-6-21(18)33-24)27-14-20(29)15-7-12-22(32-2)19(26)13-15/h3-13,27H,14H2,1-2H3,(H,28,30). The predicted octanol–water partition coefficient (Wildman–Crippen LogP) is 5.76. The van der Waals surface area contributed by atoms with Crippen molar-refractivity contribution in [3.8, 4) is 11.5 Å². The van der Waals surface area contributed by atoms with Gasteiger partial charge in [-0.15, -0.1) is 0 Å². The Labute approximate surface area is 198 Å². The lowest BCUT2D eigenvalue weighted by atomic mass is 10.1. The topological polar surface area (TPSA) is 89.8 Å². The highest BCUT2D eigenvalue weighted by Gasteiger charge is 2.22. The quantitative estimate of drug-likeness (QED) is 0.294. The van der Waals surface area contributed by atoms with Crippen LogP contribution < -0.4 is 20.1 Å². The molecule has 0 aliphatic heterocycles. The second-order valence-corrected chi connectivity index (χ2v) is 7.97. The van der Waals surface area contributed by atoms with Crippen LogP contribution in [0.4, 0.5) is 11.4 Å². The number of furan rings is 1. The molecule has 168 valence electrons. The molecule has 1 aromatic heterocycles. The van der Waals surface area contributed by atoms with Gasteiger partial charge in [0.15, 0.2) is 5.78 Å². The fourth-order valence-corrected chi connectivity index (χ4v) is 3.89. The first-order chi connectivity index (χ1) is 16.0. The van der Waals surface area contributed by atoms with Gasteiger partial charge in [-0.25, -0.2) is 0 Å². The molecule has 0 aliphatic carbocycles. The number of amides is 1. The summed E-state index contributed by atoms with van der Waals surface area (Å²) < 4.78 is 16.9. The van der Waals surface area contributed by atoms with Gasteiger partial charge in [-0.2, -0.15) is 0 Å². The van der Waals surface area contributed by atoms with Gasteiger partial charge >= 0.3 is 0 Å². The van der Waals surface area contributed by atoms with Crippen molar-refractivity contribution in [3.63, 3.8) is 0 Å². The lowest BCUT2D eigenvalue weighted by Crippen LogP contribution is -2.17. The van der Waals surface area contributed by atoms with E-state index in [2.05, 4.69) is 26.6 Å². The molecule has 0 atom stereocenters. The number of ether oxygens (including phenoxy) is 2. The van der Waals surface area contributed by atoms with Crippen LogP contribution in [0.25, 0.3) is 11.0 Å². The number of rotatable bonds is 8. The summed E-state index contributed by atoms with van der Waals surface area (Å²) in [5.74, 6) is 0.833. The average molecular weight is 509 g/mol. The zero-order chi connectivity index (χ0) is 23.4. The van der Waals surface area contributed by atoms with E-state index >= 15 is 0 Å². The van der Waals surface area contributed by atoms with E-state index in [0.717, 1.165) is 0 Å². The molecule has 0 unspecified atom stereocenters. The summed E-state index contributed by atoms with van der Waals surface area (Å²) in [6.07, 6.45) is 0. The number of fused-ring (bicyclic) bond motifs is 1. The number of Topliss-reactive ketones (excluding diaryl/α,β-unsaturated/α-hetero) is 1. The summed E-state index contributed by atoms with van der Waals surface area (Å²) in [7, 11) is 3.14. The number of anilines is 2. The van der Waals surface area contributed by atoms with Crippen LogP contribution in [0.1, 0.15) is 20.9 Å². The molecule has 0 saturated carbocycles. The van der Waals surface area contributed by atoms with E-state index in [1.165, 1.54) is 0 Å². The molecule has 2 N–H and O–H groups in total. The molecule has 0 saturated heterocycles. The minimum atomic E-state index is -0.432. The molecule has 33 heavy (non-hydrogen) atoms. The van der Waals surface area contributed by atoms with Gasteiger partial charge in [-0.1, -0.05) is 12.1 Å². The summed E-state index contributed by atoms with van der Waals surface area (Å²) in [5.41, 5.74) is 2.09. The van der Waals surface area contributed by atoms with Crippen molar-refractivity contribution in [3.05, 3.63) is 82.5 Å². The number of nitrogens with one attached hydrogen (secondary N) is 2. The van der Waals surface area contributed by atoms with Crippen molar-refractivity contribution < 1.29 is 23.5 Å². The van der Waals surface area contributed by atoms with Gasteiger partial charge in [-0.05, 0) is 70.5 Å². The Morgan fingerprint density at radius 3 is 2.42 bits per heavy atom. The lowest BCUT2D eigenvalue weighted by molar-refractivity contribution is 0.0990. The number of hydrogen-bond donors (Lipinski definition) is 2. The third-order valence-electron chi connectivity index (χ3n) is 5.05. The van der Waals surface area contributed by atoms with Crippen molar-refractivity contribution >= 4 is 50.0 Å². The number of benzene rings is 3. The fourth-order valence-electron chi connectivity index (χ4n) is 3.35. The van der Waals surface area contributed by atoms with Gasteiger partial charge in [0, 0.05) is 16.6 Å². The zero-order valence-electron chi connectivity index (χ0n) is 18.0. The number of ketones is 1. The molecule has 0 fully saturated rings. The fraction of sp³-hybridized carbons (Fsp3) is 0.120. The van der Waals surface area contributed by atoms with Gasteiger partial charge in [0.2, 0.25) is 5.76 Å². The Hall–Kier alpha value is -3.78. The maximum absolute atomic E-state index is 13.0. The highest BCUT2D eigenvalue weighted by atomic mass is 79.9. The van der Waals surface area contributed by atoms with Crippen LogP contribution >= 0.6 is 15.9 Å². The van der Waals surface area contributed by atoms with Crippen molar-refractivity contribution in [2.75, 3.05) is 31.4 Å². The van der Waals surface area contributed by atoms with E-state index in [-0.39, 0.29) is 18.1 Å². The minimum absolute atomic E-state index is 0.0227. The van der Waals surface area contributed by atoms with Crippen LogP contribution in [-0.2, 0) is 0 Å². The summed E-state index contributed by atoms with van der Waals surface area (Å²) in [4.78, 5) is 25.8. The second kappa shape index (κ2) is 9.79. The van der Waals surface area contributed by atoms with Crippen LogP contribution in [0.2, 0.25) is 0 Å². The molecule has 1 heterocycles. The molecule has 4 aromatic rings. The third-order valence-corrected chi connectivity index (χ3v) is 5.67. The highest BCUT2D eigenvalue weighted by molar-refractivity contribution is 9.10. The van der Waals surface area contributed by atoms with Crippen molar-refractivity contribution in [2.45, 2.75) is 0 Å². The van der Waals surface area contributed by atoms with Crippen molar-refractivity contribution in [1.29, 1.82) is 0 Å². The molecule has 0 bridgehead atoms. The Morgan fingerprint density at radius 2 is 1.73 bits per heavy atom. The number of methoxy groups -OCH3 is 2. The summed E-state index contributed by atoms with van der Waals surface area (Å²) in [6, 6.07) is 19.3. The molecule has 0 radical (unpaired) electrons. The number of carbonyl (C=O) groups excluding carboxylic acids is 2. The summed E-state index contributed by atoms with van der Waals surface area (Å²) >= 11 is 3.40. The van der Waals surface area contributed by atoms with E-state index in [0.29, 0.717) is 43.9 Å². The van der Waals surface area contributed by atoms with E-state index in [1.807, 2.05) is 18.2 Å². The second-order valence-electron chi connectivity index (χ2n) is 7.11. The summed E-state index contributed by atoms with van der Waals surface area (Å²) in [5, 5.41) is 6.62. The molecule has 8 heteroatoms. The smallest absolute Gasteiger partial charge is 0.293 e. The highest BCUT2D eigenvalue weighted by Crippen LogP contribution is 2.32. The van der Waals surface area contributed by atoms with Crippen LogP contribution in [0.15, 0.2) is 75.6 Å². The molecular formula is C25H21BrN2O5. The number of carbonyl (C=O) groups is 2. The van der Waals surface area contributed by atoms with E-state index in [9.17, 15) is 9.59 Å². The predicted molar refractivity (Wildman–Crippen MR) is 131 cm³/mol. The van der Waals surface area contributed by atoms with Gasteiger partial charge in [-0.3, -0.25) is 9.59 Å². The first kappa shape index (κ1) is 22.4. The molecule has 3 aromatic carbocycles. The Kier molecular flexibility index (Phi) is 6.65. The Balaban J connectivity index is 1.57. The van der Waals surface area contributed by atoms with Crippen LogP contribution in [0, 0.1) is 0 Å². The Morgan fingerprint density at radius 1 is 0.970 bits per heavy atom. The number of para-hydroxylation sites is 1. The molecule has 1 amide bonds. The maximum atomic E-state index is 13.0. The average Bonchev–Trinajstić information content (AvgIpc) is 3.21. The SMILES string of the molecule is COc1ccc(NC(=O)c2oc3ccccc3c2NCC(=O)c2ccc(OC)c(Br)c2)cc1. The third kappa shape index (κ3) is 4.85. The zero-order valence-corrected chi connectivity index (χ0v) is 19.6. The number of halogens is 1. The molecule has 0 spiro atoms. The monoisotopic (exact) mass is 508 g/mol. The van der Waals surface area contributed by atoms with Crippen molar-refractivity contribution in [1.82, 2.24) is 0 Å². The molecule has 0 aliphatic rings. The molecule has 7 nitrogen and oxygen atoms in total. The number of hydrogen-bond acceptors (Lipinski definition) is 6. The van der Waals surface area contributed by atoms with Crippen LogP contribution in [-0.4, -0.2) is 32.5 Å². The minimum Gasteiger partial charge on any atom is -0.497 e.